The van der Waals surface area contributed by atoms with Gasteiger partial charge in [-0.15, -0.1) is 0 Å². The lowest BCUT2D eigenvalue weighted by molar-refractivity contribution is -0.121. The van der Waals surface area contributed by atoms with E-state index < -0.39 is 0 Å². The van der Waals surface area contributed by atoms with Gasteiger partial charge in [-0.05, 0) is 44.0 Å². The fourth-order valence-electron chi connectivity index (χ4n) is 2.11. The molecule has 1 aromatic rings. The minimum absolute atomic E-state index is 0.0321. The van der Waals surface area contributed by atoms with E-state index in [1.54, 1.807) is 6.07 Å². The molecule has 1 aliphatic carbocycles. The van der Waals surface area contributed by atoms with Gasteiger partial charge in [0.05, 0.1) is 13.0 Å². The molecule has 1 atom stereocenters. The molecule has 1 fully saturated rings. The van der Waals surface area contributed by atoms with Crippen LogP contribution in [-0.2, 0) is 4.79 Å². The first-order valence-electron chi connectivity index (χ1n) is 7.55. The Morgan fingerprint density at radius 3 is 2.86 bits per heavy atom. The van der Waals surface area contributed by atoms with Crippen LogP contribution in [0.3, 0.4) is 0 Å². The van der Waals surface area contributed by atoms with E-state index in [2.05, 4.69) is 10.6 Å². The van der Waals surface area contributed by atoms with Crippen LogP contribution in [0.1, 0.15) is 44.7 Å². The highest BCUT2D eigenvalue weighted by Crippen LogP contribution is 2.22. The maximum absolute atomic E-state index is 13.9. The number of carbonyl (C=O) groups excluding carboxylic acids is 1. The van der Waals surface area contributed by atoms with E-state index in [1.807, 2.05) is 19.9 Å². The fraction of sp³-hybridized carbons (Fsp3) is 0.562. The van der Waals surface area contributed by atoms with Gasteiger partial charge < -0.3 is 15.4 Å². The quantitative estimate of drug-likeness (QED) is 0.774. The Labute approximate surface area is 125 Å². The van der Waals surface area contributed by atoms with Gasteiger partial charge in [-0.3, -0.25) is 4.79 Å². The van der Waals surface area contributed by atoms with E-state index in [0.29, 0.717) is 6.04 Å². The second kappa shape index (κ2) is 7.41. The topological polar surface area (TPSA) is 50.4 Å². The van der Waals surface area contributed by atoms with Crippen molar-refractivity contribution in [3.8, 4) is 5.75 Å². The third kappa shape index (κ3) is 5.01. The molecule has 0 radical (unpaired) electrons. The van der Waals surface area contributed by atoms with Gasteiger partial charge in [-0.2, -0.15) is 0 Å². The lowest BCUT2D eigenvalue weighted by Crippen LogP contribution is -2.26. The zero-order valence-electron chi connectivity index (χ0n) is 12.6. The lowest BCUT2D eigenvalue weighted by Gasteiger charge is -2.14. The summed E-state index contributed by atoms with van der Waals surface area (Å²) in [4.78, 5) is 11.5. The summed E-state index contributed by atoms with van der Waals surface area (Å²) in [6.45, 7) is 5.02. The minimum Gasteiger partial charge on any atom is -0.490 e. The number of amides is 1. The van der Waals surface area contributed by atoms with Gasteiger partial charge in [0.1, 0.15) is 0 Å². The number of ether oxygens (including phenoxy) is 1. The summed E-state index contributed by atoms with van der Waals surface area (Å²) < 4.78 is 19.3. The van der Waals surface area contributed by atoms with E-state index in [1.165, 1.54) is 6.07 Å². The number of rotatable bonds is 8. The van der Waals surface area contributed by atoms with Gasteiger partial charge in [0.15, 0.2) is 11.6 Å². The second-order valence-corrected chi connectivity index (χ2v) is 5.41. The van der Waals surface area contributed by atoms with E-state index in [4.69, 9.17) is 4.74 Å². The average molecular weight is 294 g/mol. The summed E-state index contributed by atoms with van der Waals surface area (Å²) in [6.07, 6.45) is 2.38. The monoisotopic (exact) mass is 294 g/mol. The first-order valence-corrected chi connectivity index (χ1v) is 7.55. The van der Waals surface area contributed by atoms with Crippen molar-refractivity contribution in [2.45, 2.75) is 45.2 Å². The van der Waals surface area contributed by atoms with Crippen molar-refractivity contribution in [3.63, 3.8) is 0 Å². The van der Waals surface area contributed by atoms with Crippen LogP contribution in [0.4, 0.5) is 4.39 Å². The zero-order valence-corrected chi connectivity index (χ0v) is 12.6. The summed E-state index contributed by atoms with van der Waals surface area (Å²) in [5.41, 5.74) is 0.883. The number of hydrogen-bond acceptors (Lipinski definition) is 3. The molecule has 2 N–H and O–H groups in total. The molecule has 5 heteroatoms. The molecular weight excluding hydrogens is 271 g/mol. The maximum Gasteiger partial charge on any atom is 0.223 e. The normalized spacial score (nSPS) is 15.6. The molecule has 0 spiro atoms. The Balaban J connectivity index is 1.81. The number of carbonyl (C=O) groups is 1. The average Bonchev–Trinajstić information content (AvgIpc) is 3.24. The van der Waals surface area contributed by atoms with E-state index in [9.17, 15) is 9.18 Å². The number of hydrogen-bond donors (Lipinski definition) is 2. The predicted molar refractivity (Wildman–Crippen MR) is 79.8 cm³/mol. The van der Waals surface area contributed by atoms with Crippen molar-refractivity contribution in [2.24, 2.45) is 0 Å². The van der Waals surface area contributed by atoms with Gasteiger partial charge >= 0.3 is 0 Å². The molecule has 0 aromatic heterocycles. The maximum atomic E-state index is 13.9. The van der Waals surface area contributed by atoms with Crippen molar-refractivity contribution in [3.05, 3.63) is 29.6 Å². The van der Waals surface area contributed by atoms with E-state index in [-0.39, 0.29) is 36.5 Å². The molecule has 0 aliphatic heterocycles. The van der Waals surface area contributed by atoms with Crippen LogP contribution in [0, 0.1) is 5.82 Å². The highest BCUT2D eigenvalue weighted by Gasteiger charge is 2.22. The van der Waals surface area contributed by atoms with Crippen molar-refractivity contribution in [1.82, 2.24) is 10.6 Å². The molecule has 1 amide bonds. The first kappa shape index (κ1) is 15.8. The largest absolute Gasteiger partial charge is 0.490 e. The van der Waals surface area contributed by atoms with Crippen LogP contribution in [0.5, 0.6) is 5.75 Å². The minimum atomic E-state index is -0.389. The zero-order chi connectivity index (χ0) is 15.2. The van der Waals surface area contributed by atoms with Crippen molar-refractivity contribution >= 4 is 5.91 Å². The summed E-state index contributed by atoms with van der Waals surface area (Å²) in [6, 6.07) is 5.39. The van der Waals surface area contributed by atoms with Crippen LogP contribution >= 0.6 is 0 Å². The molecule has 0 saturated heterocycles. The summed E-state index contributed by atoms with van der Waals surface area (Å²) in [5.74, 6) is -0.225. The van der Waals surface area contributed by atoms with Gasteiger partial charge in [-0.1, -0.05) is 13.0 Å². The molecule has 1 aliphatic rings. The second-order valence-electron chi connectivity index (χ2n) is 5.41. The molecule has 4 nitrogen and oxygen atoms in total. The highest BCUT2D eigenvalue weighted by molar-refractivity contribution is 5.76. The Morgan fingerprint density at radius 1 is 1.48 bits per heavy atom. The van der Waals surface area contributed by atoms with Crippen LogP contribution in [0.15, 0.2) is 18.2 Å². The van der Waals surface area contributed by atoms with Crippen molar-refractivity contribution in [1.29, 1.82) is 0 Å². The molecule has 1 unspecified atom stereocenters. The molecule has 2 rings (SSSR count). The number of nitrogens with one attached hydrogen (secondary N) is 2. The molecule has 1 aromatic carbocycles. The first-order chi connectivity index (χ1) is 10.1. The molecule has 116 valence electrons. The fourth-order valence-corrected chi connectivity index (χ4v) is 2.11. The smallest absolute Gasteiger partial charge is 0.223 e. The van der Waals surface area contributed by atoms with Gasteiger partial charge in [0, 0.05) is 12.1 Å². The lowest BCUT2D eigenvalue weighted by atomic mass is 10.1. The summed E-state index contributed by atoms with van der Waals surface area (Å²) in [5, 5.41) is 6.10. The molecule has 0 heterocycles. The van der Waals surface area contributed by atoms with Gasteiger partial charge in [-0.25, -0.2) is 4.39 Å². The number of halogens is 1. The highest BCUT2D eigenvalue weighted by atomic mass is 19.1. The Morgan fingerprint density at radius 2 is 2.24 bits per heavy atom. The Bertz CT molecular complexity index is 489. The van der Waals surface area contributed by atoms with E-state index in [0.717, 1.165) is 24.9 Å². The van der Waals surface area contributed by atoms with Crippen LogP contribution in [0.25, 0.3) is 0 Å². The Kier molecular flexibility index (Phi) is 5.56. The van der Waals surface area contributed by atoms with Gasteiger partial charge in [0.2, 0.25) is 5.91 Å². The molecule has 1 saturated carbocycles. The molecule has 21 heavy (non-hydrogen) atoms. The third-order valence-corrected chi connectivity index (χ3v) is 3.50. The van der Waals surface area contributed by atoms with Crippen molar-refractivity contribution < 1.29 is 13.9 Å². The third-order valence-electron chi connectivity index (χ3n) is 3.50. The molecule has 0 bridgehead atoms. The van der Waals surface area contributed by atoms with Crippen LogP contribution in [-0.4, -0.2) is 25.1 Å². The SMILES string of the molecule is CCNC(C)c1ccc(OCCC(=O)NC2CC2)c(F)c1. The van der Waals surface area contributed by atoms with Crippen molar-refractivity contribution in [2.75, 3.05) is 13.2 Å². The molecular formula is C16H23FN2O2. The Hall–Kier alpha value is -1.62. The summed E-state index contributed by atoms with van der Waals surface area (Å²) in [7, 11) is 0. The van der Waals surface area contributed by atoms with Crippen LogP contribution < -0.4 is 15.4 Å². The predicted octanol–water partition coefficient (Wildman–Crippen LogP) is 2.54. The summed E-state index contributed by atoms with van der Waals surface area (Å²) >= 11 is 0. The van der Waals surface area contributed by atoms with E-state index >= 15 is 0 Å². The number of benzene rings is 1. The standard InChI is InChI=1S/C16H23FN2O2/c1-3-18-11(2)12-4-7-15(14(17)10-12)21-9-8-16(20)19-13-5-6-13/h4,7,10-11,13,18H,3,5-6,8-9H2,1-2H3,(H,19,20). The van der Waals surface area contributed by atoms with Crippen LogP contribution in [0.2, 0.25) is 0 Å². The van der Waals surface area contributed by atoms with Gasteiger partial charge in [0.25, 0.3) is 0 Å².